The van der Waals surface area contributed by atoms with Crippen LogP contribution < -0.4 is 0 Å². The first-order chi connectivity index (χ1) is 21.2. The van der Waals surface area contributed by atoms with Crippen LogP contribution in [0, 0.1) is 0 Å². The van der Waals surface area contributed by atoms with Crippen molar-refractivity contribution in [3.63, 3.8) is 0 Å². The lowest BCUT2D eigenvalue weighted by molar-refractivity contribution is -0.910. The summed E-state index contributed by atoms with van der Waals surface area (Å²) in [5.74, 6) is -0.312. The molecule has 0 aliphatic rings. The molecule has 268 valence electrons. The first-order valence-electron chi connectivity index (χ1n) is 20.0. The molecule has 0 aromatic carbocycles. The van der Waals surface area contributed by atoms with Crippen molar-refractivity contribution in [1.82, 2.24) is 0 Å². The molecule has 0 N–H and O–H groups in total. The summed E-state index contributed by atoms with van der Waals surface area (Å²) in [5, 5.41) is 0. The Morgan fingerprint density at radius 3 is 0.682 bits per heavy atom. The van der Waals surface area contributed by atoms with Gasteiger partial charge < -0.3 is 9.04 Å². The maximum absolute atomic E-state index is 9.44. The minimum absolute atomic E-state index is 0.312. The van der Waals surface area contributed by atoms with Crippen LogP contribution in [0.5, 0.6) is 0 Å². The number of nitrogens with zero attached hydrogens (tertiary/aromatic N) is 1. The Hall–Kier alpha value is -0.130. The van der Waals surface area contributed by atoms with E-state index >= 15 is 0 Å². The summed E-state index contributed by atoms with van der Waals surface area (Å²) in [6.07, 6.45) is 43.8. The standard InChI is InChI=1S/C37H78N.C2H6O3S/c1-5-8-11-14-17-20-23-26-29-32-35-38(4,36-33-30-27-24-21-18-15-12-9-6-2)37-34-31-28-25-22-19-16-13-10-7-3;1-2-6(3,4)5/h5-37H2,1-4H3;2H2,1H3,(H,3,4,5)/q+1;/p-1. The van der Waals surface area contributed by atoms with Gasteiger partial charge in [0.25, 0.3) is 0 Å². The molecule has 0 radical (unpaired) electrons. The smallest absolute Gasteiger partial charge is 0.0943 e. The normalized spacial score (nSPS) is 12.0. The highest BCUT2D eigenvalue weighted by Gasteiger charge is 2.20. The van der Waals surface area contributed by atoms with E-state index in [0.717, 1.165) is 0 Å². The van der Waals surface area contributed by atoms with E-state index in [2.05, 4.69) is 27.8 Å². The molecule has 0 amide bonds. The van der Waals surface area contributed by atoms with Gasteiger partial charge >= 0.3 is 0 Å². The van der Waals surface area contributed by atoms with Crippen molar-refractivity contribution >= 4 is 10.1 Å². The van der Waals surface area contributed by atoms with E-state index < -0.39 is 10.1 Å². The second-order valence-corrected chi connectivity index (χ2v) is 15.9. The van der Waals surface area contributed by atoms with Crippen LogP contribution in [0.2, 0.25) is 0 Å². The average molecular weight is 646 g/mol. The van der Waals surface area contributed by atoms with E-state index in [1.807, 2.05) is 0 Å². The molecule has 0 aliphatic heterocycles. The van der Waals surface area contributed by atoms with Crippen LogP contribution in [0.25, 0.3) is 0 Å². The maximum atomic E-state index is 9.44. The minimum Gasteiger partial charge on any atom is -0.748 e. The molecule has 0 rings (SSSR count). The molecule has 0 atom stereocenters. The van der Waals surface area contributed by atoms with Gasteiger partial charge in [-0.2, -0.15) is 0 Å². The summed E-state index contributed by atoms with van der Waals surface area (Å²) in [4.78, 5) is 0. The predicted molar refractivity (Wildman–Crippen MR) is 197 cm³/mol. The van der Waals surface area contributed by atoms with Crippen LogP contribution in [0.15, 0.2) is 0 Å². The van der Waals surface area contributed by atoms with Crippen molar-refractivity contribution in [2.45, 2.75) is 220 Å². The monoisotopic (exact) mass is 646 g/mol. The molecule has 4 nitrogen and oxygen atoms in total. The number of rotatable bonds is 34. The predicted octanol–water partition coefficient (Wildman–Crippen LogP) is 12.7. The zero-order valence-corrected chi connectivity index (χ0v) is 31.9. The Kier molecular flexibility index (Phi) is 37.3. The minimum atomic E-state index is -3.91. The van der Waals surface area contributed by atoms with Crippen LogP contribution in [0.1, 0.15) is 220 Å². The highest BCUT2D eigenvalue weighted by atomic mass is 32.2. The van der Waals surface area contributed by atoms with Crippen LogP contribution in [-0.4, -0.2) is 49.9 Å². The first-order valence-corrected chi connectivity index (χ1v) is 21.6. The summed E-state index contributed by atoms with van der Waals surface area (Å²) in [7, 11) is -1.31. The fraction of sp³-hybridized carbons (Fsp3) is 1.00. The topological polar surface area (TPSA) is 57.2 Å². The van der Waals surface area contributed by atoms with Gasteiger partial charge in [0.1, 0.15) is 0 Å². The Morgan fingerprint density at radius 1 is 0.364 bits per heavy atom. The number of quaternary nitrogens is 1. The van der Waals surface area contributed by atoms with E-state index in [-0.39, 0.29) is 5.75 Å². The lowest BCUT2D eigenvalue weighted by atomic mass is 10.0. The van der Waals surface area contributed by atoms with Gasteiger partial charge in [-0.3, -0.25) is 0 Å². The summed E-state index contributed by atoms with van der Waals surface area (Å²) >= 11 is 0. The zero-order valence-electron chi connectivity index (χ0n) is 31.1. The average Bonchev–Trinajstić information content (AvgIpc) is 3.00. The summed E-state index contributed by atoms with van der Waals surface area (Å²) in [6.45, 7) is 12.6. The fourth-order valence-corrected chi connectivity index (χ4v) is 6.28. The first kappa shape index (κ1) is 46.0. The van der Waals surface area contributed by atoms with Gasteiger partial charge in [-0.1, -0.05) is 182 Å². The van der Waals surface area contributed by atoms with Crippen molar-refractivity contribution in [1.29, 1.82) is 0 Å². The van der Waals surface area contributed by atoms with Gasteiger partial charge in [0.05, 0.1) is 36.8 Å². The SMILES string of the molecule is CCCCCCCCCCCC[N+](C)(CCCCCCCCCCCC)CCCCCCCCCCCC.CCS(=O)(=O)[O-]. The molecule has 5 heteroatoms. The van der Waals surface area contributed by atoms with Gasteiger partial charge in [-0.15, -0.1) is 0 Å². The van der Waals surface area contributed by atoms with Gasteiger partial charge in [0.2, 0.25) is 0 Å². The molecule has 0 spiro atoms. The molecule has 0 bridgehead atoms. The maximum Gasteiger partial charge on any atom is 0.0943 e. The Labute approximate surface area is 279 Å². The molecule has 0 saturated carbocycles. The second kappa shape index (κ2) is 35.7. The number of hydrogen-bond donors (Lipinski definition) is 0. The molecular weight excluding hydrogens is 563 g/mol. The molecule has 0 heterocycles. The van der Waals surface area contributed by atoms with Crippen molar-refractivity contribution in [2.75, 3.05) is 32.4 Å². The molecular formula is C39H83NO3S. The van der Waals surface area contributed by atoms with Crippen LogP contribution in [-0.2, 0) is 10.1 Å². The Bertz CT molecular complexity index is 577. The van der Waals surface area contributed by atoms with Gasteiger partial charge in [0, 0.05) is 5.75 Å². The summed E-state index contributed by atoms with van der Waals surface area (Å²) in [6, 6.07) is 0. The second-order valence-electron chi connectivity index (χ2n) is 14.2. The zero-order chi connectivity index (χ0) is 33.0. The van der Waals surface area contributed by atoms with E-state index in [0.29, 0.717) is 0 Å². The van der Waals surface area contributed by atoms with E-state index in [1.165, 1.54) is 224 Å². The van der Waals surface area contributed by atoms with Gasteiger partial charge in [0.15, 0.2) is 0 Å². The Balaban J connectivity index is 0. The summed E-state index contributed by atoms with van der Waals surface area (Å²) < 4.78 is 29.7. The molecule has 44 heavy (non-hydrogen) atoms. The molecule has 0 unspecified atom stereocenters. The number of hydrogen-bond acceptors (Lipinski definition) is 3. The van der Waals surface area contributed by atoms with Crippen molar-refractivity contribution < 1.29 is 17.5 Å². The van der Waals surface area contributed by atoms with Crippen molar-refractivity contribution in [3.05, 3.63) is 0 Å². The van der Waals surface area contributed by atoms with Gasteiger partial charge in [-0.05, 0) is 38.5 Å². The molecule has 0 saturated heterocycles. The third kappa shape index (κ3) is 39.9. The Morgan fingerprint density at radius 2 is 0.523 bits per heavy atom. The van der Waals surface area contributed by atoms with E-state index in [9.17, 15) is 13.0 Å². The van der Waals surface area contributed by atoms with Gasteiger partial charge in [-0.25, -0.2) is 8.42 Å². The summed E-state index contributed by atoms with van der Waals surface area (Å²) in [5.41, 5.74) is 0. The third-order valence-electron chi connectivity index (χ3n) is 9.51. The van der Waals surface area contributed by atoms with Crippen LogP contribution in [0.3, 0.4) is 0 Å². The van der Waals surface area contributed by atoms with Crippen molar-refractivity contribution in [2.24, 2.45) is 0 Å². The van der Waals surface area contributed by atoms with E-state index in [1.54, 1.807) is 0 Å². The molecule has 0 fully saturated rings. The quantitative estimate of drug-likeness (QED) is 0.0397. The lowest BCUT2D eigenvalue weighted by Crippen LogP contribution is -2.46. The molecule has 0 aliphatic carbocycles. The van der Waals surface area contributed by atoms with Crippen LogP contribution in [0.4, 0.5) is 0 Å². The third-order valence-corrected chi connectivity index (χ3v) is 10.2. The molecule has 0 aromatic rings. The van der Waals surface area contributed by atoms with E-state index in [4.69, 9.17) is 0 Å². The fourth-order valence-electron chi connectivity index (χ4n) is 6.28. The van der Waals surface area contributed by atoms with Crippen molar-refractivity contribution in [3.8, 4) is 0 Å². The number of unbranched alkanes of at least 4 members (excludes halogenated alkanes) is 27. The highest BCUT2D eigenvalue weighted by molar-refractivity contribution is 7.85. The lowest BCUT2D eigenvalue weighted by Gasteiger charge is -2.35. The highest BCUT2D eigenvalue weighted by Crippen LogP contribution is 2.18. The largest absolute Gasteiger partial charge is 0.748 e. The van der Waals surface area contributed by atoms with Crippen LogP contribution >= 0.6 is 0 Å². The molecule has 0 aromatic heterocycles.